The topological polar surface area (TPSA) is 51.2 Å². The molecule has 0 spiro atoms. The van der Waals surface area contributed by atoms with Crippen LogP contribution in [0.5, 0.6) is 0 Å². The van der Waals surface area contributed by atoms with Gasteiger partial charge in [0.1, 0.15) is 5.69 Å². The number of hydrogen-bond donors (Lipinski definition) is 1. The first-order valence-electron chi connectivity index (χ1n) is 8.63. The largest absolute Gasteiger partial charge is 0.501 e. The summed E-state index contributed by atoms with van der Waals surface area (Å²) in [5.74, 6) is -0.892. The quantitative estimate of drug-likeness (QED) is 0.583. The van der Waals surface area contributed by atoms with E-state index in [1.165, 1.54) is 23.7 Å². The molecule has 0 radical (unpaired) electrons. The molecule has 1 atom stereocenters. The van der Waals surface area contributed by atoms with Gasteiger partial charge in [0.25, 0.3) is 5.91 Å². The first-order valence-corrected chi connectivity index (χ1v) is 9.89. The smallest absolute Gasteiger partial charge is 0.418 e. The summed E-state index contributed by atoms with van der Waals surface area (Å²) in [6, 6.07) is 7.59. The molecular weight excluding hydrogens is 425 g/mol. The average Bonchev–Trinajstić information content (AvgIpc) is 3.38. The summed E-state index contributed by atoms with van der Waals surface area (Å²) in [4.78, 5) is 17.4. The molecule has 0 bridgehead atoms. The Morgan fingerprint density at radius 2 is 2.17 bits per heavy atom. The van der Waals surface area contributed by atoms with E-state index in [1.807, 2.05) is 17.5 Å². The molecule has 1 aliphatic heterocycles. The predicted octanol–water partition coefficient (Wildman–Crippen LogP) is 5.53. The minimum absolute atomic E-state index is 0.0338. The zero-order valence-corrected chi connectivity index (χ0v) is 16.4. The second kappa shape index (κ2) is 7.68. The molecule has 2 aromatic heterocycles. The highest BCUT2D eigenvalue weighted by molar-refractivity contribution is 7.09. The number of rotatable bonds is 4. The predicted molar refractivity (Wildman–Crippen MR) is 105 cm³/mol. The highest BCUT2D eigenvalue weighted by Gasteiger charge is 2.35. The van der Waals surface area contributed by atoms with Crippen molar-refractivity contribution in [3.8, 4) is 0 Å². The van der Waals surface area contributed by atoms with Crippen LogP contribution in [0.2, 0.25) is 5.02 Å². The minimum Gasteiger partial charge on any atom is -0.501 e. The van der Waals surface area contributed by atoms with Gasteiger partial charge in [-0.15, -0.1) is 11.3 Å². The summed E-state index contributed by atoms with van der Waals surface area (Å²) in [6.45, 7) is 0.518. The van der Waals surface area contributed by atoms with E-state index in [2.05, 4.69) is 10.3 Å². The number of carbonyl (C=O) groups excluding carboxylic acids is 1. The first-order chi connectivity index (χ1) is 13.8. The summed E-state index contributed by atoms with van der Waals surface area (Å²) < 4.78 is 46.4. The summed E-state index contributed by atoms with van der Waals surface area (Å²) in [6.07, 6.45) is -1.50. The van der Waals surface area contributed by atoms with Gasteiger partial charge in [0.05, 0.1) is 35.5 Å². The fraction of sp³-hybridized carbons (Fsp3) is 0.200. The van der Waals surface area contributed by atoms with E-state index in [4.69, 9.17) is 16.3 Å². The standard InChI is InChI=1S/C20H14ClF3N2O2S/c21-16-8-17(19(27)25-9-13-2-1-5-29-13)26-18-14(16)6-12(11-3-4-28-10-11)7-15(18)20(22,23)24/h1-8,11H,9-10H2,(H,25,27). The van der Waals surface area contributed by atoms with Gasteiger partial charge in [0.15, 0.2) is 0 Å². The third-order valence-corrected chi connectivity index (χ3v) is 5.73. The summed E-state index contributed by atoms with van der Waals surface area (Å²) in [5, 5.41) is 4.70. The van der Waals surface area contributed by atoms with Gasteiger partial charge >= 0.3 is 6.18 Å². The van der Waals surface area contributed by atoms with Gasteiger partial charge in [-0.2, -0.15) is 13.2 Å². The number of fused-ring (bicyclic) bond motifs is 1. The molecule has 4 rings (SSSR count). The van der Waals surface area contributed by atoms with E-state index < -0.39 is 17.6 Å². The number of benzene rings is 1. The maximum Gasteiger partial charge on any atom is 0.418 e. The van der Waals surface area contributed by atoms with Crippen LogP contribution in [0, 0.1) is 0 Å². The van der Waals surface area contributed by atoms with Crippen LogP contribution in [0.25, 0.3) is 10.9 Å². The van der Waals surface area contributed by atoms with Crippen LogP contribution in [0.15, 0.2) is 48.0 Å². The van der Waals surface area contributed by atoms with E-state index in [9.17, 15) is 18.0 Å². The van der Waals surface area contributed by atoms with Crippen LogP contribution in [0.3, 0.4) is 0 Å². The molecule has 1 aromatic carbocycles. The zero-order chi connectivity index (χ0) is 20.6. The monoisotopic (exact) mass is 438 g/mol. The normalized spacial score (nSPS) is 16.2. The van der Waals surface area contributed by atoms with Crippen molar-refractivity contribution in [1.82, 2.24) is 10.3 Å². The SMILES string of the molecule is O=C(NCc1cccs1)c1cc(Cl)c2cc(C3C=COC3)cc(C(F)(F)F)c2n1. The number of hydrogen-bond acceptors (Lipinski definition) is 4. The van der Waals surface area contributed by atoms with Gasteiger partial charge in [0.2, 0.25) is 0 Å². The molecule has 150 valence electrons. The summed E-state index contributed by atoms with van der Waals surface area (Å²) in [5.41, 5.74) is -1.02. The van der Waals surface area contributed by atoms with Crippen molar-refractivity contribution in [2.75, 3.05) is 6.61 Å². The number of thiophene rings is 1. The molecule has 3 heterocycles. The lowest BCUT2D eigenvalue weighted by Gasteiger charge is -2.16. The third-order valence-electron chi connectivity index (χ3n) is 4.54. The molecule has 1 N–H and O–H groups in total. The van der Waals surface area contributed by atoms with Crippen molar-refractivity contribution < 1.29 is 22.7 Å². The fourth-order valence-electron chi connectivity index (χ4n) is 3.10. The Morgan fingerprint density at radius 3 is 2.83 bits per heavy atom. The Bertz CT molecular complexity index is 1100. The first kappa shape index (κ1) is 19.7. The lowest BCUT2D eigenvalue weighted by molar-refractivity contribution is -0.136. The summed E-state index contributed by atoms with van der Waals surface area (Å²) in [7, 11) is 0. The molecule has 4 nitrogen and oxygen atoms in total. The van der Waals surface area contributed by atoms with E-state index in [-0.39, 0.29) is 40.7 Å². The van der Waals surface area contributed by atoms with Gasteiger partial charge in [-0.05, 0) is 41.3 Å². The Morgan fingerprint density at radius 1 is 1.34 bits per heavy atom. The highest BCUT2D eigenvalue weighted by atomic mass is 35.5. The molecule has 0 fully saturated rings. The van der Waals surface area contributed by atoms with E-state index in [1.54, 1.807) is 12.1 Å². The molecular formula is C20H14ClF3N2O2S. The number of carbonyl (C=O) groups is 1. The number of aromatic nitrogens is 1. The van der Waals surface area contributed by atoms with E-state index >= 15 is 0 Å². The number of alkyl halides is 3. The Kier molecular flexibility index (Phi) is 5.23. The van der Waals surface area contributed by atoms with Crippen molar-refractivity contribution in [2.45, 2.75) is 18.6 Å². The lowest BCUT2D eigenvalue weighted by atomic mass is 9.95. The van der Waals surface area contributed by atoms with Crippen LogP contribution in [-0.2, 0) is 17.5 Å². The molecule has 1 aliphatic rings. The van der Waals surface area contributed by atoms with Crippen LogP contribution in [-0.4, -0.2) is 17.5 Å². The number of pyridine rings is 1. The van der Waals surface area contributed by atoms with Gasteiger partial charge in [-0.1, -0.05) is 17.7 Å². The molecule has 9 heteroatoms. The van der Waals surface area contributed by atoms with Crippen LogP contribution < -0.4 is 5.32 Å². The van der Waals surface area contributed by atoms with Gasteiger partial charge in [0, 0.05) is 16.2 Å². The highest BCUT2D eigenvalue weighted by Crippen LogP contribution is 2.39. The number of nitrogens with one attached hydrogen (secondary N) is 1. The minimum atomic E-state index is -4.65. The molecule has 3 aromatic rings. The van der Waals surface area contributed by atoms with Crippen LogP contribution in [0.1, 0.15) is 32.4 Å². The second-order valence-corrected chi connectivity index (χ2v) is 7.92. The zero-order valence-electron chi connectivity index (χ0n) is 14.8. The van der Waals surface area contributed by atoms with Gasteiger partial charge in [-0.3, -0.25) is 4.79 Å². The number of ether oxygens (including phenoxy) is 1. The maximum absolute atomic E-state index is 13.8. The van der Waals surface area contributed by atoms with Crippen molar-refractivity contribution in [1.29, 1.82) is 0 Å². The van der Waals surface area contributed by atoms with Gasteiger partial charge in [-0.25, -0.2) is 4.98 Å². The fourth-order valence-corrected chi connectivity index (χ4v) is 3.99. The van der Waals surface area contributed by atoms with E-state index in [0.29, 0.717) is 5.56 Å². The van der Waals surface area contributed by atoms with Gasteiger partial charge < -0.3 is 10.1 Å². The lowest BCUT2D eigenvalue weighted by Crippen LogP contribution is -2.23. The third kappa shape index (κ3) is 4.09. The molecule has 1 amide bonds. The molecule has 0 saturated heterocycles. The molecule has 1 unspecified atom stereocenters. The molecule has 29 heavy (non-hydrogen) atoms. The van der Waals surface area contributed by atoms with E-state index in [0.717, 1.165) is 10.9 Å². The second-order valence-electron chi connectivity index (χ2n) is 6.48. The van der Waals surface area contributed by atoms with Crippen molar-refractivity contribution in [3.05, 3.63) is 74.8 Å². The summed E-state index contributed by atoms with van der Waals surface area (Å²) >= 11 is 7.73. The maximum atomic E-state index is 13.8. The van der Waals surface area contributed by atoms with Crippen molar-refractivity contribution >= 4 is 39.7 Å². The number of nitrogens with zero attached hydrogens (tertiary/aromatic N) is 1. The number of halogens is 4. The Balaban J connectivity index is 1.76. The number of amides is 1. The molecule has 0 aliphatic carbocycles. The Hall–Kier alpha value is -2.58. The molecule has 0 saturated carbocycles. The Labute approximate surface area is 173 Å². The van der Waals surface area contributed by atoms with Crippen molar-refractivity contribution in [2.24, 2.45) is 0 Å². The van der Waals surface area contributed by atoms with Crippen LogP contribution >= 0.6 is 22.9 Å². The average molecular weight is 439 g/mol. The van der Waals surface area contributed by atoms with Crippen LogP contribution in [0.4, 0.5) is 13.2 Å². The van der Waals surface area contributed by atoms with Crippen molar-refractivity contribution in [3.63, 3.8) is 0 Å².